The Bertz CT molecular complexity index is 444. The molecule has 1 aliphatic carbocycles. The Hall–Kier alpha value is -0.850. The van der Waals surface area contributed by atoms with Crippen LogP contribution in [0.15, 0.2) is 28.7 Å². The fourth-order valence-electron chi connectivity index (χ4n) is 2.80. The number of rotatable bonds is 2. The molecule has 1 N–H and O–H groups in total. The number of aliphatic hydroxyl groups excluding tert-OH is 1. The molecule has 0 saturated heterocycles. The van der Waals surface area contributed by atoms with Gasteiger partial charge in [0.1, 0.15) is 0 Å². The molecule has 0 amide bonds. The minimum absolute atomic E-state index is 0.611. The van der Waals surface area contributed by atoms with E-state index in [2.05, 4.69) is 22.0 Å². The molecule has 0 radical (unpaired) electrons. The van der Waals surface area contributed by atoms with Crippen molar-refractivity contribution < 1.29 is 5.11 Å². The summed E-state index contributed by atoms with van der Waals surface area (Å²) >= 11 is 3.47. The van der Waals surface area contributed by atoms with Crippen molar-refractivity contribution in [1.29, 1.82) is 5.26 Å². The van der Waals surface area contributed by atoms with Crippen molar-refractivity contribution in [3.05, 3.63) is 34.3 Å². The van der Waals surface area contributed by atoms with E-state index < -0.39 is 11.5 Å². The Labute approximate surface area is 117 Å². The lowest BCUT2D eigenvalue weighted by Gasteiger charge is -2.31. The predicted molar refractivity (Wildman–Crippen MR) is 74.8 cm³/mol. The molecule has 1 atom stereocenters. The molecule has 0 aromatic heterocycles. The van der Waals surface area contributed by atoms with E-state index >= 15 is 0 Å². The van der Waals surface area contributed by atoms with Gasteiger partial charge >= 0.3 is 0 Å². The Morgan fingerprint density at radius 3 is 2.33 bits per heavy atom. The molecule has 0 bridgehead atoms. The molecule has 1 aliphatic rings. The lowest BCUT2D eigenvalue weighted by atomic mass is 9.74. The van der Waals surface area contributed by atoms with Crippen LogP contribution in [0.25, 0.3) is 0 Å². The summed E-state index contributed by atoms with van der Waals surface area (Å²) in [5.41, 5.74) is 0.223. The first kappa shape index (κ1) is 13.6. The molecule has 3 heteroatoms. The fourth-order valence-corrected chi connectivity index (χ4v) is 3.30. The maximum Gasteiger partial charge on any atom is 0.0987 e. The molecule has 0 heterocycles. The van der Waals surface area contributed by atoms with Gasteiger partial charge in [-0.25, -0.2) is 0 Å². The van der Waals surface area contributed by atoms with Gasteiger partial charge in [-0.2, -0.15) is 5.26 Å². The molecule has 1 aromatic carbocycles. The van der Waals surface area contributed by atoms with Crippen molar-refractivity contribution in [1.82, 2.24) is 0 Å². The topological polar surface area (TPSA) is 44.0 Å². The Morgan fingerprint density at radius 2 is 1.78 bits per heavy atom. The van der Waals surface area contributed by atoms with Gasteiger partial charge in [-0.1, -0.05) is 59.8 Å². The molecule has 2 rings (SSSR count). The highest BCUT2D eigenvalue weighted by Crippen LogP contribution is 2.45. The maximum absolute atomic E-state index is 10.6. The van der Waals surface area contributed by atoms with E-state index in [4.69, 9.17) is 0 Å². The molecule has 1 unspecified atom stereocenters. The summed E-state index contributed by atoms with van der Waals surface area (Å²) in [5.74, 6) is 0. The van der Waals surface area contributed by atoms with E-state index in [1.54, 1.807) is 0 Å². The molecular weight excluding hydrogens is 290 g/mol. The summed E-state index contributed by atoms with van der Waals surface area (Å²) in [4.78, 5) is 0. The number of halogens is 1. The number of hydrogen-bond acceptors (Lipinski definition) is 2. The highest BCUT2D eigenvalue weighted by atomic mass is 79.9. The highest BCUT2D eigenvalue weighted by molar-refractivity contribution is 9.10. The molecule has 96 valence electrons. The molecule has 1 fully saturated rings. The van der Waals surface area contributed by atoms with Gasteiger partial charge in [0.2, 0.25) is 0 Å². The highest BCUT2D eigenvalue weighted by Gasteiger charge is 2.39. The van der Waals surface area contributed by atoms with Crippen LogP contribution >= 0.6 is 15.9 Å². The Balaban J connectivity index is 2.32. The van der Waals surface area contributed by atoms with Gasteiger partial charge < -0.3 is 5.11 Å². The van der Waals surface area contributed by atoms with E-state index in [1.165, 1.54) is 12.8 Å². The van der Waals surface area contributed by atoms with Crippen molar-refractivity contribution >= 4 is 15.9 Å². The van der Waals surface area contributed by atoms with Gasteiger partial charge in [-0.05, 0) is 24.5 Å². The van der Waals surface area contributed by atoms with Crippen molar-refractivity contribution in [2.24, 2.45) is 5.41 Å². The van der Waals surface area contributed by atoms with Crippen LogP contribution in [0.3, 0.4) is 0 Å². The third-order valence-electron chi connectivity index (χ3n) is 3.94. The second-order valence-corrected chi connectivity index (χ2v) is 5.96. The lowest BCUT2D eigenvalue weighted by molar-refractivity contribution is 0.0511. The minimum Gasteiger partial charge on any atom is -0.387 e. The van der Waals surface area contributed by atoms with Crippen LogP contribution in [0, 0.1) is 16.7 Å². The van der Waals surface area contributed by atoms with Crippen molar-refractivity contribution in [3.63, 3.8) is 0 Å². The molecule has 1 saturated carbocycles. The Kier molecular flexibility index (Phi) is 4.42. The van der Waals surface area contributed by atoms with Gasteiger partial charge in [-0.15, -0.1) is 0 Å². The van der Waals surface area contributed by atoms with Crippen LogP contribution in [0.5, 0.6) is 0 Å². The first-order chi connectivity index (χ1) is 8.69. The van der Waals surface area contributed by atoms with Crippen LogP contribution in [0.2, 0.25) is 0 Å². The van der Waals surface area contributed by atoms with E-state index in [0.717, 1.165) is 35.7 Å². The fraction of sp³-hybridized carbons (Fsp3) is 0.533. The quantitative estimate of drug-likeness (QED) is 0.826. The second kappa shape index (κ2) is 5.86. The van der Waals surface area contributed by atoms with Gasteiger partial charge in [0.05, 0.1) is 17.6 Å². The molecule has 18 heavy (non-hydrogen) atoms. The number of benzene rings is 1. The first-order valence-corrected chi connectivity index (χ1v) is 7.33. The summed E-state index contributed by atoms with van der Waals surface area (Å²) in [5, 5.41) is 20.2. The van der Waals surface area contributed by atoms with E-state index in [1.807, 2.05) is 24.3 Å². The zero-order chi connectivity index (χ0) is 13.0. The largest absolute Gasteiger partial charge is 0.387 e. The smallest absolute Gasteiger partial charge is 0.0987 e. The SMILES string of the molecule is N#CC1(C(O)c2ccccc2Br)CCCCCC1. The third-order valence-corrected chi connectivity index (χ3v) is 4.66. The number of nitrogens with zero attached hydrogens (tertiary/aromatic N) is 1. The number of aliphatic hydroxyl groups is 1. The van der Waals surface area contributed by atoms with Crippen LogP contribution in [-0.4, -0.2) is 5.11 Å². The van der Waals surface area contributed by atoms with Crippen molar-refractivity contribution in [2.45, 2.75) is 44.6 Å². The third kappa shape index (κ3) is 2.60. The summed E-state index contributed by atoms with van der Waals surface area (Å²) < 4.78 is 0.886. The van der Waals surface area contributed by atoms with Gasteiger partial charge in [-0.3, -0.25) is 0 Å². The lowest BCUT2D eigenvalue weighted by Crippen LogP contribution is -2.27. The normalized spacial score (nSPS) is 20.7. The molecule has 0 aliphatic heterocycles. The summed E-state index contributed by atoms with van der Waals surface area (Å²) in [6.07, 6.45) is 5.32. The second-order valence-electron chi connectivity index (χ2n) is 5.11. The van der Waals surface area contributed by atoms with Crippen LogP contribution in [0.1, 0.15) is 50.2 Å². The van der Waals surface area contributed by atoms with Gasteiger partial charge in [0.25, 0.3) is 0 Å². The van der Waals surface area contributed by atoms with Crippen molar-refractivity contribution in [2.75, 3.05) is 0 Å². The monoisotopic (exact) mass is 307 g/mol. The summed E-state index contributed by atoms with van der Waals surface area (Å²) in [7, 11) is 0. The predicted octanol–water partition coefficient (Wildman–Crippen LogP) is 4.35. The molecule has 0 spiro atoms. The van der Waals surface area contributed by atoms with Gasteiger partial charge in [0.15, 0.2) is 0 Å². The zero-order valence-corrected chi connectivity index (χ0v) is 12.0. The van der Waals surface area contributed by atoms with Crippen LogP contribution in [0.4, 0.5) is 0 Å². The van der Waals surface area contributed by atoms with E-state index in [9.17, 15) is 10.4 Å². The Morgan fingerprint density at radius 1 is 1.17 bits per heavy atom. The summed E-state index contributed by atoms with van der Waals surface area (Å²) in [6.45, 7) is 0. The summed E-state index contributed by atoms with van der Waals surface area (Å²) in [6, 6.07) is 10.1. The number of nitriles is 1. The molecule has 2 nitrogen and oxygen atoms in total. The average Bonchev–Trinajstić information content (AvgIpc) is 2.65. The minimum atomic E-state index is -0.698. The van der Waals surface area contributed by atoms with Gasteiger partial charge in [0, 0.05) is 4.47 Å². The first-order valence-electron chi connectivity index (χ1n) is 6.53. The van der Waals surface area contributed by atoms with Crippen LogP contribution in [-0.2, 0) is 0 Å². The average molecular weight is 308 g/mol. The van der Waals surface area contributed by atoms with Crippen molar-refractivity contribution in [3.8, 4) is 6.07 Å². The molecular formula is C15H18BrNO. The molecule has 1 aromatic rings. The zero-order valence-electron chi connectivity index (χ0n) is 10.4. The van der Waals surface area contributed by atoms with E-state index in [0.29, 0.717) is 0 Å². The van der Waals surface area contributed by atoms with E-state index in [-0.39, 0.29) is 0 Å². The van der Waals surface area contributed by atoms with Crippen LogP contribution < -0.4 is 0 Å². The number of hydrogen-bond donors (Lipinski definition) is 1. The maximum atomic E-state index is 10.6. The standard InChI is InChI=1S/C15H18BrNO/c16-13-8-4-3-7-12(13)14(18)15(11-17)9-5-1-2-6-10-15/h3-4,7-8,14,18H,1-2,5-6,9-10H2.